The number of hydrogen-bond acceptors (Lipinski definition) is 3. The minimum Gasteiger partial charge on any atom is -0.324 e. The predicted molar refractivity (Wildman–Crippen MR) is 76.5 cm³/mol. The van der Waals surface area contributed by atoms with E-state index in [2.05, 4.69) is 0 Å². The molecule has 112 valence electrons. The van der Waals surface area contributed by atoms with Gasteiger partial charge < -0.3 is 5.73 Å². The van der Waals surface area contributed by atoms with E-state index in [0.29, 0.717) is 5.56 Å². The van der Waals surface area contributed by atoms with Gasteiger partial charge in [-0.3, -0.25) is 0 Å². The highest BCUT2D eigenvalue weighted by atomic mass is 32.2. The van der Waals surface area contributed by atoms with E-state index in [9.17, 15) is 17.2 Å². The molecule has 0 amide bonds. The number of nitrogens with two attached hydrogens (primary N) is 1. The fraction of sp³-hybridized carbons (Fsp3) is 0.200. The van der Waals surface area contributed by atoms with Crippen LogP contribution in [0.1, 0.15) is 17.2 Å². The highest BCUT2D eigenvalue weighted by molar-refractivity contribution is 7.90. The van der Waals surface area contributed by atoms with Crippen LogP contribution in [0.15, 0.2) is 47.4 Å². The summed E-state index contributed by atoms with van der Waals surface area (Å²) < 4.78 is 49.8. The van der Waals surface area contributed by atoms with Gasteiger partial charge in [-0.1, -0.05) is 24.3 Å². The molecule has 2 N–H and O–H groups in total. The molecule has 2 aromatic carbocycles. The summed E-state index contributed by atoms with van der Waals surface area (Å²) in [7, 11) is -3.34. The van der Waals surface area contributed by atoms with Crippen LogP contribution in [-0.2, 0) is 16.3 Å². The van der Waals surface area contributed by atoms with Crippen LogP contribution >= 0.6 is 0 Å². The van der Waals surface area contributed by atoms with Crippen molar-refractivity contribution < 1.29 is 17.2 Å². The molecule has 0 radical (unpaired) electrons. The van der Waals surface area contributed by atoms with Crippen molar-refractivity contribution in [1.29, 1.82) is 0 Å². The van der Waals surface area contributed by atoms with Gasteiger partial charge in [0.05, 0.1) is 4.90 Å². The normalized spacial score (nSPS) is 13.1. The number of rotatable bonds is 4. The second-order valence-corrected chi connectivity index (χ2v) is 6.88. The highest BCUT2D eigenvalue weighted by Crippen LogP contribution is 2.21. The van der Waals surface area contributed by atoms with Gasteiger partial charge in [0.25, 0.3) is 0 Å². The third-order valence-corrected chi connectivity index (χ3v) is 4.30. The van der Waals surface area contributed by atoms with Crippen molar-refractivity contribution in [2.24, 2.45) is 5.73 Å². The lowest BCUT2D eigenvalue weighted by atomic mass is 9.99. The average molecular weight is 311 g/mol. The largest absolute Gasteiger partial charge is 0.324 e. The molecule has 0 aromatic heterocycles. The second kappa shape index (κ2) is 5.91. The van der Waals surface area contributed by atoms with Gasteiger partial charge in [0.2, 0.25) is 0 Å². The molecule has 0 saturated heterocycles. The molecule has 0 heterocycles. The van der Waals surface area contributed by atoms with E-state index < -0.39 is 27.5 Å². The first kappa shape index (κ1) is 15.6. The molecule has 0 aliphatic carbocycles. The number of sulfone groups is 1. The lowest BCUT2D eigenvalue weighted by Gasteiger charge is -2.14. The fourth-order valence-electron chi connectivity index (χ4n) is 2.04. The van der Waals surface area contributed by atoms with E-state index in [1.54, 1.807) is 12.1 Å². The van der Waals surface area contributed by atoms with Gasteiger partial charge in [0.1, 0.15) is 0 Å². The summed E-state index contributed by atoms with van der Waals surface area (Å²) in [5.41, 5.74) is 6.69. The first-order chi connectivity index (χ1) is 9.79. The number of hydrogen-bond donors (Lipinski definition) is 1. The van der Waals surface area contributed by atoms with E-state index in [-0.39, 0.29) is 16.9 Å². The Labute approximate surface area is 122 Å². The van der Waals surface area contributed by atoms with Gasteiger partial charge >= 0.3 is 0 Å². The Balaban J connectivity index is 2.29. The van der Waals surface area contributed by atoms with Crippen LogP contribution in [0.3, 0.4) is 0 Å². The summed E-state index contributed by atoms with van der Waals surface area (Å²) >= 11 is 0. The number of halogens is 2. The third-order valence-electron chi connectivity index (χ3n) is 3.19. The van der Waals surface area contributed by atoms with Crippen molar-refractivity contribution >= 4 is 9.84 Å². The highest BCUT2D eigenvalue weighted by Gasteiger charge is 2.15. The molecule has 0 spiro atoms. The molecular formula is C15H15F2NO2S. The van der Waals surface area contributed by atoms with Crippen molar-refractivity contribution in [1.82, 2.24) is 0 Å². The van der Waals surface area contributed by atoms with Crippen molar-refractivity contribution in [3.8, 4) is 0 Å². The molecule has 3 nitrogen and oxygen atoms in total. The summed E-state index contributed by atoms with van der Waals surface area (Å²) in [5, 5.41) is 0. The standard InChI is InChI=1S/C15H15F2NO2S/c1-21(19,20)12-6-2-4-10(8-12)14(18)9-11-5-3-7-13(16)15(11)17/h2-8,14H,9,18H2,1H3. The molecule has 0 fully saturated rings. The second-order valence-electron chi connectivity index (χ2n) is 4.87. The molecule has 0 aliphatic rings. The molecule has 2 aromatic rings. The zero-order valence-corrected chi connectivity index (χ0v) is 12.2. The van der Waals surface area contributed by atoms with Crippen LogP contribution in [0.25, 0.3) is 0 Å². The van der Waals surface area contributed by atoms with Crippen molar-refractivity contribution in [2.45, 2.75) is 17.4 Å². The average Bonchev–Trinajstić information content (AvgIpc) is 2.43. The Morgan fingerprint density at radius 1 is 1.14 bits per heavy atom. The smallest absolute Gasteiger partial charge is 0.175 e. The summed E-state index contributed by atoms with van der Waals surface area (Å²) in [6.07, 6.45) is 1.18. The Hall–Kier alpha value is -1.79. The first-order valence-corrected chi connectivity index (χ1v) is 8.16. The molecular weight excluding hydrogens is 296 g/mol. The number of benzene rings is 2. The van der Waals surface area contributed by atoms with Gasteiger partial charge in [0.15, 0.2) is 21.5 Å². The Bertz CT molecular complexity index is 760. The van der Waals surface area contributed by atoms with Gasteiger partial charge in [-0.15, -0.1) is 0 Å². The van der Waals surface area contributed by atoms with Crippen molar-refractivity contribution in [3.05, 3.63) is 65.2 Å². The minimum absolute atomic E-state index is 0.0802. The van der Waals surface area contributed by atoms with E-state index in [4.69, 9.17) is 5.73 Å². The van der Waals surface area contributed by atoms with Gasteiger partial charge in [0, 0.05) is 12.3 Å². The molecule has 0 bridgehead atoms. The summed E-state index contributed by atoms with van der Waals surface area (Å²) in [5.74, 6) is -1.85. The molecule has 0 saturated carbocycles. The zero-order valence-electron chi connectivity index (χ0n) is 11.4. The predicted octanol–water partition coefficient (Wildman–Crippen LogP) is 2.61. The molecule has 1 atom stereocenters. The van der Waals surface area contributed by atoms with Gasteiger partial charge in [-0.05, 0) is 35.7 Å². The van der Waals surface area contributed by atoms with Crippen molar-refractivity contribution in [2.75, 3.05) is 6.26 Å². The molecule has 0 aliphatic heterocycles. The summed E-state index contributed by atoms with van der Waals surface area (Å²) in [6, 6.07) is 9.44. The van der Waals surface area contributed by atoms with Crippen molar-refractivity contribution in [3.63, 3.8) is 0 Å². The quantitative estimate of drug-likeness (QED) is 0.944. The first-order valence-electron chi connectivity index (χ1n) is 6.27. The maximum Gasteiger partial charge on any atom is 0.175 e. The van der Waals surface area contributed by atoms with Crippen LogP contribution in [-0.4, -0.2) is 14.7 Å². The van der Waals surface area contributed by atoms with Gasteiger partial charge in [-0.2, -0.15) is 0 Å². The minimum atomic E-state index is -3.34. The van der Waals surface area contributed by atoms with E-state index in [1.807, 2.05) is 0 Å². The monoisotopic (exact) mass is 311 g/mol. The summed E-state index contributed by atoms with van der Waals surface area (Å²) in [4.78, 5) is 0.148. The van der Waals surface area contributed by atoms with Crippen LogP contribution in [0.4, 0.5) is 8.78 Å². The maximum absolute atomic E-state index is 13.6. The maximum atomic E-state index is 13.6. The topological polar surface area (TPSA) is 60.2 Å². The van der Waals surface area contributed by atoms with E-state index in [0.717, 1.165) is 12.3 Å². The zero-order chi connectivity index (χ0) is 15.6. The van der Waals surface area contributed by atoms with Crippen LogP contribution in [0.5, 0.6) is 0 Å². The van der Waals surface area contributed by atoms with Crippen LogP contribution in [0.2, 0.25) is 0 Å². The SMILES string of the molecule is CS(=O)(=O)c1cccc(C(N)Cc2cccc(F)c2F)c1. The van der Waals surface area contributed by atoms with E-state index in [1.165, 1.54) is 24.3 Å². The van der Waals surface area contributed by atoms with Crippen LogP contribution in [0, 0.1) is 11.6 Å². The lowest BCUT2D eigenvalue weighted by molar-refractivity contribution is 0.494. The summed E-state index contributed by atoms with van der Waals surface area (Å²) in [6.45, 7) is 0. The van der Waals surface area contributed by atoms with Gasteiger partial charge in [-0.25, -0.2) is 17.2 Å². The fourth-order valence-corrected chi connectivity index (χ4v) is 2.71. The third kappa shape index (κ3) is 3.65. The Kier molecular flexibility index (Phi) is 4.39. The Morgan fingerprint density at radius 3 is 2.48 bits per heavy atom. The molecule has 6 heteroatoms. The molecule has 2 rings (SSSR count). The van der Waals surface area contributed by atoms with Crippen LogP contribution < -0.4 is 5.73 Å². The molecule has 21 heavy (non-hydrogen) atoms. The Morgan fingerprint density at radius 2 is 1.81 bits per heavy atom. The molecule has 1 unspecified atom stereocenters. The lowest BCUT2D eigenvalue weighted by Crippen LogP contribution is -2.15. The van der Waals surface area contributed by atoms with E-state index >= 15 is 0 Å².